The molecule has 8 heteroatoms. The highest BCUT2D eigenvalue weighted by atomic mass is 16.3. The minimum absolute atomic E-state index is 0.202. The number of anilines is 1. The molecule has 0 atom stereocenters. The number of benzene rings is 1. The molecule has 26 heavy (non-hydrogen) atoms. The van der Waals surface area contributed by atoms with Crippen LogP contribution in [-0.2, 0) is 16.0 Å². The van der Waals surface area contributed by atoms with Gasteiger partial charge in [-0.25, -0.2) is 9.97 Å². The van der Waals surface area contributed by atoms with E-state index in [1.807, 2.05) is 4.90 Å². The monoisotopic (exact) mass is 355 g/mol. The predicted octanol–water partition coefficient (Wildman–Crippen LogP) is 0.190. The number of aromatic hydroxyl groups is 1. The van der Waals surface area contributed by atoms with Crippen LogP contribution in [0.4, 0.5) is 5.95 Å². The van der Waals surface area contributed by atoms with E-state index in [1.54, 1.807) is 47.6 Å². The molecule has 136 valence electrons. The van der Waals surface area contributed by atoms with Gasteiger partial charge in [-0.2, -0.15) is 0 Å². The fraction of sp³-hybridized carbons (Fsp3) is 0.333. The molecule has 1 aromatic carbocycles. The van der Waals surface area contributed by atoms with Gasteiger partial charge in [-0.3, -0.25) is 9.59 Å². The van der Waals surface area contributed by atoms with Gasteiger partial charge in [0.15, 0.2) is 0 Å². The molecule has 2 N–H and O–H groups in total. The lowest BCUT2D eigenvalue weighted by molar-refractivity contribution is -0.146. The molecule has 2 amide bonds. The molecule has 2 heterocycles. The van der Waals surface area contributed by atoms with Crippen LogP contribution >= 0.6 is 0 Å². The summed E-state index contributed by atoms with van der Waals surface area (Å²) in [5, 5.41) is 11.9. The highest BCUT2D eigenvalue weighted by Gasteiger charge is 2.26. The Bertz CT molecular complexity index is 743. The van der Waals surface area contributed by atoms with Crippen LogP contribution in [0, 0.1) is 0 Å². The molecule has 0 unspecified atom stereocenters. The quantitative estimate of drug-likeness (QED) is 0.760. The number of phenolic OH excluding ortho intramolecular Hbond substituents is 1. The Morgan fingerprint density at radius 3 is 2.35 bits per heavy atom. The first-order valence-electron chi connectivity index (χ1n) is 8.50. The molecule has 0 spiro atoms. The maximum atomic E-state index is 12.3. The van der Waals surface area contributed by atoms with Crippen LogP contribution in [0.3, 0.4) is 0 Å². The number of carbonyl (C=O) groups is 2. The average molecular weight is 355 g/mol. The zero-order valence-corrected chi connectivity index (χ0v) is 14.3. The number of piperazine rings is 1. The Balaban J connectivity index is 1.43. The van der Waals surface area contributed by atoms with Gasteiger partial charge < -0.3 is 20.2 Å². The largest absolute Gasteiger partial charge is 0.508 e. The summed E-state index contributed by atoms with van der Waals surface area (Å²) in [5.41, 5.74) is 0.979. The van der Waals surface area contributed by atoms with Crippen molar-refractivity contribution in [2.45, 2.75) is 6.42 Å². The molecule has 1 saturated heterocycles. The first-order chi connectivity index (χ1) is 12.6. The van der Waals surface area contributed by atoms with Gasteiger partial charge in [0.05, 0.1) is 0 Å². The van der Waals surface area contributed by atoms with E-state index >= 15 is 0 Å². The van der Waals surface area contributed by atoms with E-state index in [2.05, 4.69) is 15.3 Å². The van der Waals surface area contributed by atoms with Crippen molar-refractivity contribution in [3.63, 3.8) is 0 Å². The van der Waals surface area contributed by atoms with Crippen LogP contribution in [0.2, 0.25) is 0 Å². The van der Waals surface area contributed by atoms with Gasteiger partial charge in [0.25, 0.3) is 0 Å². The molecule has 3 rings (SSSR count). The van der Waals surface area contributed by atoms with E-state index in [4.69, 9.17) is 0 Å². The Morgan fingerprint density at radius 1 is 1.04 bits per heavy atom. The molecule has 1 fully saturated rings. The van der Waals surface area contributed by atoms with Crippen LogP contribution < -0.4 is 10.2 Å². The van der Waals surface area contributed by atoms with Crippen LogP contribution in [0.1, 0.15) is 5.56 Å². The first-order valence-corrected chi connectivity index (χ1v) is 8.50. The average Bonchev–Trinajstić information content (AvgIpc) is 2.69. The van der Waals surface area contributed by atoms with Crippen molar-refractivity contribution >= 4 is 17.8 Å². The number of amides is 2. The number of nitrogens with zero attached hydrogens (tertiary/aromatic N) is 4. The minimum Gasteiger partial charge on any atom is -0.508 e. The fourth-order valence-corrected chi connectivity index (χ4v) is 2.77. The van der Waals surface area contributed by atoms with E-state index in [9.17, 15) is 14.7 Å². The maximum absolute atomic E-state index is 12.3. The summed E-state index contributed by atoms with van der Waals surface area (Å²) < 4.78 is 0. The summed E-state index contributed by atoms with van der Waals surface area (Å²) in [6.07, 6.45) is 3.96. The molecule has 2 aromatic rings. The van der Waals surface area contributed by atoms with Crippen molar-refractivity contribution in [3.05, 3.63) is 48.3 Å². The molecule has 1 aliphatic rings. The van der Waals surface area contributed by atoms with Gasteiger partial charge in [0, 0.05) is 45.1 Å². The second-order valence-electron chi connectivity index (χ2n) is 6.00. The molecule has 1 aromatic heterocycles. The third kappa shape index (κ3) is 4.47. The number of aromatic nitrogens is 2. The lowest BCUT2D eigenvalue weighted by Gasteiger charge is -2.34. The van der Waals surface area contributed by atoms with Crippen LogP contribution in [0.25, 0.3) is 0 Å². The van der Waals surface area contributed by atoms with E-state index in [0.29, 0.717) is 45.1 Å². The predicted molar refractivity (Wildman–Crippen MR) is 95.6 cm³/mol. The second kappa shape index (κ2) is 8.28. The molecular formula is C18H21N5O3. The number of carbonyl (C=O) groups excluding carboxylic acids is 2. The summed E-state index contributed by atoms with van der Waals surface area (Å²) >= 11 is 0. The lowest BCUT2D eigenvalue weighted by atomic mass is 10.1. The van der Waals surface area contributed by atoms with Gasteiger partial charge in [-0.15, -0.1) is 0 Å². The Hall–Kier alpha value is -3.16. The summed E-state index contributed by atoms with van der Waals surface area (Å²) in [6, 6.07) is 8.52. The van der Waals surface area contributed by atoms with Gasteiger partial charge in [0.2, 0.25) is 5.95 Å². The second-order valence-corrected chi connectivity index (χ2v) is 6.00. The van der Waals surface area contributed by atoms with E-state index in [-0.39, 0.29) is 5.75 Å². The number of phenols is 1. The van der Waals surface area contributed by atoms with E-state index < -0.39 is 11.8 Å². The summed E-state index contributed by atoms with van der Waals surface area (Å²) in [6.45, 7) is 2.48. The SMILES string of the molecule is O=C(NCCc1ccc(O)cc1)C(=O)N1CCN(c2ncccn2)CC1. The van der Waals surface area contributed by atoms with E-state index in [1.165, 1.54) is 0 Å². The lowest BCUT2D eigenvalue weighted by Crippen LogP contribution is -2.53. The number of rotatable bonds is 4. The van der Waals surface area contributed by atoms with Crippen molar-refractivity contribution < 1.29 is 14.7 Å². The topological polar surface area (TPSA) is 98.7 Å². The van der Waals surface area contributed by atoms with Crippen LogP contribution in [0.5, 0.6) is 5.75 Å². The Kier molecular flexibility index (Phi) is 5.62. The normalized spacial score (nSPS) is 14.2. The molecule has 0 saturated carbocycles. The van der Waals surface area contributed by atoms with E-state index in [0.717, 1.165) is 5.56 Å². The Morgan fingerprint density at radius 2 is 1.69 bits per heavy atom. The third-order valence-corrected chi connectivity index (χ3v) is 4.23. The molecule has 8 nitrogen and oxygen atoms in total. The van der Waals surface area contributed by atoms with Gasteiger partial charge in [-0.05, 0) is 30.2 Å². The van der Waals surface area contributed by atoms with Crippen molar-refractivity contribution in [2.24, 2.45) is 0 Å². The maximum Gasteiger partial charge on any atom is 0.312 e. The van der Waals surface area contributed by atoms with Crippen LogP contribution in [0.15, 0.2) is 42.7 Å². The zero-order valence-electron chi connectivity index (χ0n) is 14.3. The minimum atomic E-state index is -0.590. The van der Waals surface area contributed by atoms with Crippen molar-refractivity contribution in [1.29, 1.82) is 0 Å². The number of nitrogens with one attached hydrogen (secondary N) is 1. The first kappa shape index (κ1) is 17.7. The standard InChI is InChI=1S/C18H21N5O3/c24-15-4-2-14(3-5-15)6-9-19-16(25)17(26)22-10-12-23(13-11-22)18-20-7-1-8-21-18/h1-5,7-8,24H,6,9-13H2,(H,19,25). The molecule has 0 radical (unpaired) electrons. The van der Waals surface area contributed by atoms with Gasteiger partial charge in [0.1, 0.15) is 5.75 Å². The van der Waals surface area contributed by atoms with Crippen molar-refractivity contribution in [1.82, 2.24) is 20.2 Å². The zero-order chi connectivity index (χ0) is 18.4. The molecule has 0 aliphatic carbocycles. The Labute approximate surface area is 151 Å². The van der Waals surface area contributed by atoms with Gasteiger partial charge in [-0.1, -0.05) is 12.1 Å². The molecule has 0 bridgehead atoms. The van der Waals surface area contributed by atoms with Gasteiger partial charge >= 0.3 is 11.8 Å². The summed E-state index contributed by atoms with van der Waals surface area (Å²) in [7, 11) is 0. The number of hydrogen-bond donors (Lipinski definition) is 2. The van der Waals surface area contributed by atoms with Crippen LogP contribution in [-0.4, -0.2) is 64.5 Å². The number of hydrogen-bond acceptors (Lipinski definition) is 6. The molecule has 1 aliphatic heterocycles. The van der Waals surface area contributed by atoms with Crippen molar-refractivity contribution in [2.75, 3.05) is 37.6 Å². The summed E-state index contributed by atoms with van der Waals surface area (Å²) in [4.78, 5) is 36.3. The fourth-order valence-electron chi connectivity index (χ4n) is 2.77. The third-order valence-electron chi connectivity index (χ3n) is 4.23. The highest BCUT2D eigenvalue weighted by Crippen LogP contribution is 2.11. The smallest absolute Gasteiger partial charge is 0.312 e. The van der Waals surface area contributed by atoms with Crippen molar-refractivity contribution in [3.8, 4) is 5.75 Å². The summed E-state index contributed by atoms with van der Waals surface area (Å²) in [5.74, 6) is -0.261. The molecular weight excluding hydrogens is 334 g/mol. The highest BCUT2D eigenvalue weighted by molar-refractivity contribution is 6.35.